The topological polar surface area (TPSA) is 64.3 Å². The first-order chi connectivity index (χ1) is 10.6. The van der Waals surface area contributed by atoms with Gasteiger partial charge in [0, 0.05) is 36.7 Å². The standard InChI is InChI=1S/C16H20N4O2/c1-15(2)9-16(7-12-8-19-22-14(12)15)10-20(5-6-21-16)13-3-4-17-11-18-13/h3-4,8,11H,5-7,9-10H2,1-2H3. The Morgan fingerprint density at radius 1 is 1.32 bits per heavy atom. The van der Waals surface area contributed by atoms with Gasteiger partial charge in [-0.05, 0) is 12.5 Å². The second-order valence-corrected chi connectivity index (χ2v) is 6.94. The van der Waals surface area contributed by atoms with Crippen molar-refractivity contribution < 1.29 is 9.26 Å². The number of morpholine rings is 1. The zero-order chi connectivity index (χ0) is 15.2. The van der Waals surface area contributed by atoms with Gasteiger partial charge in [0.1, 0.15) is 17.9 Å². The van der Waals surface area contributed by atoms with Crippen molar-refractivity contribution in [3.63, 3.8) is 0 Å². The highest BCUT2D eigenvalue weighted by atomic mass is 16.5. The van der Waals surface area contributed by atoms with Gasteiger partial charge in [0.2, 0.25) is 0 Å². The summed E-state index contributed by atoms with van der Waals surface area (Å²) in [6.07, 6.45) is 6.99. The highest BCUT2D eigenvalue weighted by Gasteiger charge is 2.48. The Balaban J connectivity index is 1.65. The molecule has 2 aromatic heterocycles. The molecular weight excluding hydrogens is 280 g/mol. The molecule has 116 valence electrons. The lowest BCUT2D eigenvalue weighted by Crippen LogP contribution is -2.57. The summed E-state index contributed by atoms with van der Waals surface area (Å²) in [6, 6.07) is 1.96. The molecule has 0 aromatic carbocycles. The van der Waals surface area contributed by atoms with Crippen molar-refractivity contribution in [3.8, 4) is 0 Å². The van der Waals surface area contributed by atoms with E-state index in [0.29, 0.717) is 6.61 Å². The zero-order valence-electron chi connectivity index (χ0n) is 13.0. The minimum absolute atomic E-state index is 0.0707. The third kappa shape index (κ3) is 2.18. The van der Waals surface area contributed by atoms with Crippen LogP contribution < -0.4 is 4.90 Å². The average molecular weight is 300 g/mol. The van der Waals surface area contributed by atoms with Crippen molar-refractivity contribution >= 4 is 5.82 Å². The SMILES string of the molecule is CC1(C)CC2(Cc3cnoc31)CN(c1ccncn1)CCO2. The summed E-state index contributed by atoms with van der Waals surface area (Å²) < 4.78 is 11.7. The van der Waals surface area contributed by atoms with Gasteiger partial charge in [0.25, 0.3) is 0 Å². The van der Waals surface area contributed by atoms with Crippen molar-refractivity contribution in [2.45, 2.75) is 37.7 Å². The summed E-state index contributed by atoms with van der Waals surface area (Å²) in [7, 11) is 0. The number of fused-ring (bicyclic) bond motifs is 1. The van der Waals surface area contributed by atoms with E-state index < -0.39 is 0 Å². The molecule has 0 amide bonds. The minimum atomic E-state index is -0.203. The van der Waals surface area contributed by atoms with Crippen LogP contribution in [-0.2, 0) is 16.6 Å². The summed E-state index contributed by atoms with van der Waals surface area (Å²) in [4.78, 5) is 10.7. The van der Waals surface area contributed by atoms with E-state index in [1.807, 2.05) is 12.3 Å². The van der Waals surface area contributed by atoms with Crippen LogP contribution in [0.4, 0.5) is 5.82 Å². The average Bonchev–Trinajstić information content (AvgIpc) is 2.96. The number of hydrogen-bond donors (Lipinski definition) is 0. The van der Waals surface area contributed by atoms with Gasteiger partial charge < -0.3 is 14.2 Å². The zero-order valence-corrected chi connectivity index (χ0v) is 13.0. The third-order valence-electron chi connectivity index (χ3n) is 4.67. The maximum absolute atomic E-state index is 6.27. The highest BCUT2D eigenvalue weighted by molar-refractivity contribution is 5.39. The summed E-state index contributed by atoms with van der Waals surface area (Å²) in [5.74, 6) is 1.97. The van der Waals surface area contributed by atoms with Crippen molar-refractivity contribution in [2.75, 3.05) is 24.6 Å². The van der Waals surface area contributed by atoms with E-state index in [2.05, 4.69) is 33.9 Å². The van der Waals surface area contributed by atoms with E-state index in [9.17, 15) is 0 Å². The molecule has 2 aliphatic rings. The largest absolute Gasteiger partial charge is 0.371 e. The maximum Gasteiger partial charge on any atom is 0.145 e. The van der Waals surface area contributed by atoms with Crippen molar-refractivity contribution in [1.29, 1.82) is 0 Å². The molecule has 1 aliphatic carbocycles. The monoisotopic (exact) mass is 300 g/mol. The van der Waals surface area contributed by atoms with Crippen LogP contribution in [0.15, 0.2) is 29.3 Å². The Kier molecular flexibility index (Phi) is 2.97. The first kappa shape index (κ1) is 13.7. The van der Waals surface area contributed by atoms with Gasteiger partial charge >= 0.3 is 0 Å². The lowest BCUT2D eigenvalue weighted by atomic mass is 9.69. The molecule has 4 rings (SSSR count). The first-order valence-corrected chi connectivity index (χ1v) is 7.67. The van der Waals surface area contributed by atoms with Crippen LogP contribution in [0.25, 0.3) is 0 Å². The van der Waals surface area contributed by atoms with Gasteiger partial charge in [-0.2, -0.15) is 0 Å². The summed E-state index contributed by atoms with van der Waals surface area (Å²) >= 11 is 0. The van der Waals surface area contributed by atoms with E-state index in [1.165, 1.54) is 5.56 Å². The van der Waals surface area contributed by atoms with E-state index in [0.717, 1.165) is 37.5 Å². The Bertz CT molecular complexity index is 670. The summed E-state index contributed by atoms with van der Waals surface area (Å²) in [6.45, 7) is 6.80. The minimum Gasteiger partial charge on any atom is -0.371 e. The molecule has 1 atom stereocenters. The van der Waals surface area contributed by atoms with Crippen LogP contribution in [-0.4, -0.2) is 40.4 Å². The maximum atomic E-state index is 6.27. The van der Waals surface area contributed by atoms with Crippen LogP contribution in [0.2, 0.25) is 0 Å². The lowest BCUT2D eigenvalue weighted by Gasteiger charge is -2.48. The molecule has 22 heavy (non-hydrogen) atoms. The molecule has 6 heteroatoms. The molecule has 3 heterocycles. The predicted molar refractivity (Wildman–Crippen MR) is 80.8 cm³/mol. The van der Waals surface area contributed by atoms with Gasteiger partial charge in [0.15, 0.2) is 0 Å². The molecule has 6 nitrogen and oxygen atoms in total. The second kappa shape index (κ2) is 4.78. The van der Waals surface area contributed by atoms with Crippen LogP contribution in [0.1, 0.15) is 31.6 Å². The number of hydrogen-bond acceptors (Lipinski definition) is 6. The van der Waals surface area contributed by atoms with E-state index >= 15 is 0 Å². The molecule has 0 bridgehead atoms. The summed E-state index contributed by atoms with van der Waals surface area (Å²) in [5.41, 5.74) is 0.894. The van der Waals surface area contributed by atoms with Crippen LogP contribution in [0, 0.1) is 0 Å². The van der Waals surface area contributed by atoms with E-state index in [1.54, 1.807) is 12.5 Å². The fourth-order valence-electron chi connectivity index (χ4n) is 3.96. The fourth-order valence-corrected chi connectivity index (χ4v) is 3.96. The number of anilines is 1. The number of ether oxygens (including phenoxy) is 1. The molecule has 1 fully saturated rings. The van der Waals surface area contributed by atoms with Crippen molar-refractivity contribution in [1.82, 2.24) is 15.1 Å². The molecule has 0 radical (unpaired) electrons. The highest BCUT2D eigenvalue weighted by Crippen LogP contribution is 2.44. The Morgan fingerprint density at radius 3 is 3.05 bits per heavy atom. The van der Waals surface area contributed by atoms with Gasteiger partial charge in [-0.1, -0.05) is 19.0 Å². The molecular formula is C16H20N4O2. The quantitative estimate of drug-likeness (QED) is 0.802. The van der Waals surface area contributed by atoms with Crippen molar-refractivity contribution in [2.24, 2.45) is 0 Å². The molecule has 1 saturated heterocycles. The molecule has 1 unspecified atom stereocenters. The van der Waals surface area contributed by atoms with Crippen molar-refractivity contribution in [3.05, 3.63) is 36.1 Å². The van der Waals surface area contributed by atoms with E-state index in [4.69, 9.17) is 9.26 Å². The Labute approximate surface area is 129 Å². The number of nitrogens with zero attached hydrogens (tertiary/aromatic N) is 4. The van der Waals surface area contributed by atoms with Gasteiger partial charge in [-0.25, -0.2) is 9.97 Å². The summed E-state index contributed by atoms with van der Waals surface area (Å²) in [5, 5.41) is 3.99. The molecule has 1 aliphatic heterocycles. The number of aromatic nitrogens is 3. The number of rotatable bonds is 1. The fraction of sp³-hybridized carbons (Fsp3) is 0.562. The molecule has 0 saturated carbocycles. The van der Waals surface area contributed by atoms with Crippen LogP contribution in [0.5, 0.6) is 0 Å². The Morgan fingerprint density at radius 2 is 2.23 bits per heavy atom. The lowest BCUT2D eigenvalue weighted by molar-refractivity contribution is -0.0800. The Hall–Kier alpha value is -1.95. The molecule has 1 spiro atoms. The van der Waals surface area contributed by atoms with Gasteiger partial charge in [-0.15, -0.1) is 0 Å². The normalized spacial score (nSPS) is 26.9. The predicted octanol–water partition coefficient (Wildman–Crippen LogP) is 1.96. The van der Waals surface area contributed by atoms with E-state index in [-0.39, 0.29) is 11.0 Å². The smallest absolute Gasteiger partial charge is 0.145 e. The van der Waals surface area contributed by atoms with Crippen LogP contribution >= 0.6 is 0 Å². The molecule has 0 N–H and O–H groups in total. The molecule has 2 aromatic rings. The first-order valence-electron chi connectivity index (χ1n) is 7.67. The third-order valence-corrected chi connectivity index (χ3v) is 4.67. The van der Waals surface area contributed by atoms with Gasteiger partial charge in [-0.3, -0.25) is 0 Å². The van der Waals surface area contributed by atoms with Gasteiger partial charge in [0.05, 0.1) is 18.4 Å². The van der Waals surface area contributed by atoms with Crippen LogP contribution in [0.3, 0.4) is 0 Å². The second-order valence-electron chi connectivity index (χ2n) is 6.94.